The van der Waals surface area contributed by atoms with Crippen LogP contribution in [-0.4, -0.2) is 60.1 Å². The van der Waals surface area contributed by atoms with Gasteiger partial charge >= 0.3 is 6.09 Å². The number of hydrogen-bond acceptors (Lipinski definition) is 7. The number of rotatable bonds is 5. The van der Waals surface area contributed by atoms with Crippen molar-refractivity contribution in [2.24, 2.45) is 5.92 Å². The summed E-state index contributed by atoms with van der Waals surface area (Å²) in [6, 6.07) is 10.1. The van der Waals surface area contributed by atoms with E-state index in [-0.39, 0.29) is 32.0 Å². The third-order valence-electron chi connectivity index (χ3n) is 6.56. The summed E-state index contributed by atoms with van der Waals surface area (Å²) >= 11 is 0. The van der Waals surface area contributed by atoms with Gasteiger partial charge in [0.1, 0.15) is 23.5 Å². The zero-order chi connectivity index (χ0) is 24.4. The molecule has 2 aromatic carbocycles. The highest BCUT2D eigenvalue weighted by Crippen LogP contribution is 2.35. The van der Waals surface area contributed by atoms with E-state index in [1.807, 2.05) is 25.1 Å². The lowest BCUT2D eigenvalue weighted by atomic mass is 9.97. The Morgan fingerprint density at radius 3 is 3.00 bits per heavy atom. The first kappa shape index (κ1) is 23.3. The number of benzene rings is 2. The summed E-state index contributed by atoms with van der Waals surface area (Å²) in [6.45, 7) is 4.99. The summed E-state index contributed by atoms with van der Waals surface area (Å²) in [5.41, 5.74) is 1.71. The lowest BCUT2D eigenvalue weighted by Gasteiger charge is -2.34. The third kappa shape index (κ3) is 5.14. The van der Waals surface area contributed by atoms with Crippen LogP contribution in [0, 0.1) is 18.7 Å². The molecular weight excluding hydrogens is 451 g/mol. The quantitative estimate of drug-likeness (QED) is 0.543. The second-order valence-corrected chi connectivity index (χ2v) is 9.25. The first-order valence-electron chi connectivity index (χ1n) is 12.0. The summed E-state index contributed by atoms with van der Waals surface area (Å²) in [4.78, 5) is 23.7. The molecule has 5 rings (SSSR count). The Morgan fingerprint density at radius 1 is 1.31 bits per heavy atom. The molecule has 3 aromatic rings. The zero-order valence-electron chi connectivity index (χ0n) is 19.7. The van der Waals surface area contributed by atoms with E-state index < -0.39 is 11.9 Å². The highest BCUT2D eigenvalue weighted by molar-refractivity contribution is 5.92. The number of anilines is 1. The number of phenols is 1. The smallest absolute Gasteiger partial charge is 0.407 e. The molecule has 0 spiro atoms. The number of halogens is 1. The van der Waals surface area contributed by atoms with E-state index in [4.69, 9.17) is 14.5 Å². The van der Waals surface area contributed by atoms with Gasteiger partial charge in [-0.3, -0.25) is 0 Å². The van der Waals surface area contributed by atoms with Gasteiger partial charge in [-0.1, -0.05) is 12.1 Å². The van der Waals surface area contributed by atoms with Gasteiger partial charge in [-0.15, -0.1) is 0 Å². The number of alkyl carbamates (subject to hydrolysis) is 1. The minimum atomic E-state index is -0.574. The second-order valence-electron chi connectivity index (χ2n) is 9.25. The number of piperidine rings is 1. The number of aromatic hydroxyl groups is 1. The molecular formula is C26H33FN4O4. The van der Waals surface area contributed by atoms with Crippen molar-refractivity contribution in [3.8, 4) is 17.1 Å². The van der Waals surface area contributed by atoms with Crippen LogP contribution in [0.1, 0.15) is 27.7 Å². The molecule has 188 valence electrons. The van der Waals surface area contributed by atoms with Crippen molar-refractivity contribution in [3.63, 3.8) is 0 Å². The molecule has 3 heterocycles. The van der Waals surface area contributed by atoms with Gasteiger partial charge in [-0.2, -0.15) is 0 Å². The summed E-state index contributed by atoms with van der Waals surface area (Å²) in [6.07, 6.45) is 2.02. The van der Waals surface area contributed by atoms with Crippen LogP contribution in [0.25, 0.3) is 22.3 Å². The van der Waals surface area contributed by atoms with Crippen molar-refractivity contribution >= 4 is 22.8 Å². The van der Waals surface area contributed by atoms with E-state index in [2.05, 4.69) is 15.2 Å². The minimum absolute atomic E-state index is 0. The van der Waals surface area contributed by atoms with E-state index in [1.165, 1.54) is 18.2 Å². The second kappa shape index (κ2) is 10.0. The fourth-order valence-corrected chi connectivity index (χ4v) is 4.76. The van der Waals surface area contributed by atoms with Crippen molar-refractivity contribution in [2.75, 3.05) is 37.7 Å². The van der Waals surface area contributed by atoms with Crippen molar-refractivity contribution in [1.82, 2.24) is 15.3 Å². The molecule has 2 saturated heterocycles. The topological polar surface area (TPSA) is 96.8 Å². The number of fused-ring (bicyclic) bond motifs is 1. The van der Waals surface area contributed by atoms with Crippen LogP contribution < -0.4 is 10.2 Å². The summed E-state index contributed by atoms with van der Waals surface area (Å²) in [5.74, 6) is 0.279. The fraction of sp³-hybridized carbons (Fsp3) is 0.423. The Labute approximate surface area is 206 Å². The predicted molar refractivity (Wildman–Crippen MR) is 134 cm³/mol. The minimum Gasteiger partial charge on any atom is -0.507 e. The van der Waals surface area contributed by atoms with Gasteiger partial charge in [-0.05, 0) is 55.5 Å². The molecule has 35 heavy (non-hydrogen) atoms. The first-order valence-corrected chi connectivity index (χ1v) is 12.0. The Balaban J connectivity index is 0.00000190. The zero-order valence-corrected chi connectivity index (χ0v) is 19.7. The molecule has 0 bridgehead atoms. The molecule has 8 nitrogen and oxygen atoms in total. The Bertz CT molecular complexity index is 1220. The molecule has 1 unspecified atom stereocenters. The van der Waals surface area contributed by atoms with Gasteiger partial charge in [0, 0.05) is 34.3 Å². The van der Waals surface area contributed by atoms with Crippen LogP contribution in [0.2, 0.25) is 0 Å². The van der Waals surface area contributed by atoms with Gasteiger partial charge in [0.05, 0.1) is 24.3 Å². The molecule has 1 aromatic heterocycles. The van der Waals surface area contributed by atoms with Crippen LogP contribution in [0.5, 0.6) is 5.75 Å². The molecule has 0 aliphatic carbocycles. The fourth-order valence-electron chi connectivity index (χ4n) is 4.76. The maximum absolute atomic E-state index is 14.7. The standard InChI is InChI=1S/C26H29FN4O4.2H2/c1-16-7-8-19-21(12-16)29-24(23-20(27)5-2-6-22(23)32)30-25(19)31-10-3-4-17(14-31)13-28-26(33)35-18-9-11-34-15-18;;/h2,5-8,12,17-18,32H,3-4,9-11,13-15H2,1H3,(H,28,33);2*1H/t17?,18-;;/m1../s1. The third-order valence-corrected chi connectivity index (χ3v) is 6.56. The monoisotopic (exact) mass is 484 g/mol. The SMILES string of the molecule is Cc1ccc2c(N3CCCC(CNC(=O)O[C@@H]4CCOC4)C3)nc(-c3c(O)cccc3F)nc2c1.[HH].[HH]. The molecule has 9 heteroatoms. The van der Waals surface area contributed by atoms with Crippen LogP contribution in [-0.2, 0) is 9.47 Å². The lowest BCUT2D eigenvalue weighted by Crippen LogP contribution is -2.42. The summed E-state index contributed by atoms with van der Waals surface area (Å²) in [7, 11) is 0. The Kier molecular flexibility index (Phi) is 6.68. The molecule has 2 aliphatic heterocycles. The average Bonchev–Trinajstić information content (AvgIpc) is 3.35. The summed E-state index contributed by atoms with van der Waals surface area (Å²) < 4.78 is 25.3. The molecule has 0 saturated carbocycles. The number of nitrogens with zero attached hydrogens (tertiary/aromatic N) is 3. The number of phenolic OH excluding ortho intramolecular Hbond substituents is 1. The normalized spacial score (nSPS) is 20.2. The van der Waals surface area contributed by atoms with Crippen LogP contribution in [0.3, 0.4) is 0 Å². The van der Waals surface area contributed by atoms with Crippen molar-refractivity contribution < 1.29 is 26.6 Å². The maximum Gasteiger partial charge on any atom is 0.407 e. The van der Waals surface area contributed by atoms with E-state index in [1.54, 1.807) is 0 Å². The number of carbonyl (C=O) groups excluding carboxylic acids is 1. The van der Waals surface area contributed by atoms with Crippen molar-refractivity contribution in [2.45, 2.75) is 32.3 Å². The Morgan fingerprint density at radius 2 is 2.20 bits per heavy atom. The maximum atomic E-state index is 14.7. The first-order chi connectivity index (χ1) is 17.0. The van der Waals surface area contributed by atoms with Gasteiger partial charge < -0.3 is 24.8 Å². The van der Waals surface area contributed by atoms with Crippen molar-refractivity contribution in [1.29, 1.82) is 0 Å². The van der Waals surface area contributed by atoms with E-state index in [9.17, 15) is 14.3 Å². The number of hydrogen-bond donors (Lipinski definition) is 2. The van der Waals surface area contributed by atoms with E-state index >= 15 is 0 Å². The van der Waals surface area contributed by atoms with Crippen LogP contribution in [0.15, 0.2) is 36.4 Å². The van der Waals surface area contributed by atoms with Crippen molar-refractivity contribution in [3.05, 3.63) is 47.8 Å². The van der Waals surface area contributed by atoms with Gasteiger partial charge in [0.25, 0.3) is 0 Å². The van der Waals surface area contributed by atoms with Crippen LogP contribution in [0.4, 0.5) is 15.0 Å². The Hall–Kier alpha value is -3.46. The van der Waals surface area contributed by atoms with E-state index in [0.29, 0.717) is 37.6 Å². The number of carbonyl (C=O) groups is 1. The van der Waals surface area contributed by atoms with Gasteiger partial charge in [0.2, 0.25) is 0 Å². The molecule has 1 amide bonds. The number of aryl methyl sites for hydroxylation is 1. The van der Waals surface area contributed by atoms with Gasteiger partial charge in [-0.25, -0.2) is 19.2 Å². The van der Waals surface area contributed by atoms with Gasteiger partial charge in [0.15, 0.2) is 5.82 Å². The summed E-state index contributed by atoms with van der Waals surface area (Å²) in [5, 5.41) is 14.1. The average molecular weight is 485 g/mol. The van der Waals surface area contributed by atoms with E-state index in [0.717, 1.165) is 36.8 Å². The number of nitrogens with one attached hydrogen (secondary N) is 1. The molecule has 0 radical (unpaired) electrons. The highest BCUT2D eigenvalue weighted by atomic mass is 19.1. The predicted octanol–water partition coefficient (Wildman–Crippen LogP) is 4.67. The van der Waals surface area contributed by atoms with Crippen LogP contribution >= 0.6 is 0 Å². The highest BCUT2D eigenvalue weighted by Gasteiger charge is 2.26. The molecule has 2 aliphatic rings. The molecule has 2 atom stereocenters. The lowest BCUT2D eigenvalue weighted by molar-refractivity contribution is 0.0821. The number of ether oxygens (including phenoxy) is 2. The molecule has 2 fully saturated rings. The number of aromatic nitrogens is 2. The largest absolute Gasteiger partial charge is 0.507 e. The molecule has 2 N–H and O–H groups in total. The number of amides is 1.